The quantitative estimate of drug-likeness (QED) is 0.680. The Kier molecular flexibility index (Phi) is 4.12. The third kappa shape index (κ3) is 2.74. The summed E-state index contributed by atoms with van der Waals surface area (Å²) in [6.07, 6.45) is 0. The largest absolute Gasteiger partial charge is 0.496 e. The van der Waals surface area contributed by atoms with Crippen molar-refractivity contribution in [2.45, 2.75) is 0 Å². The first-order valence-corrected chi connectivity index (χ1v) is 6.64. The summed E-state index contributed by atoms with van der Waals surface area (Å²) in [5.41, 5.74) is 7.03. The molecule has 19 heavy (non-hydrogen) atoms. The van der Waals surface area contributed by atoms with E-state index >= 15 is 0 Å². The van der Waals surface area contributed by atoms with Gasteiger partial charge in [0.2, 0.25) is 0 Å². The van der Waals surface area contributed by atoms with Gasteiger partial charge in [-0.15, -0.1) is 0 Å². The summed E-state index contributed by atoms with van der Waals surface area (Å²) in [5, 5.41) is 0.374. The maximum absolute atomic E-state index is 12.4. The number of rotatable bonds is 3. The molecule has 0 aliphatic carbocycles. The van der Waals surface area contributed by atoms with E-state index in [1.54, 1.807) is 43.5 Å². The monoisotopic (exact) mass is 339 g/mol. The van der Waals surface area contributed by atoms with Gasteiger partial charge >= 0.3 is 0 Å². The van der Waals surface area contributed by atoms with Crippen molar-refractivity contribution in [3.63, 3.8) is 0 Å². The maximum Gasteiger partial charge on any atom is 0.195 e. The summed E-state index contributed by atoms with van der Waals surface area (Å²) in [6.45, 7) is 0. The molecule has 0 aliphatic heterocycles. The van der Waals surface area contributed by atoms with Crippen molar-refractivity contribution >= 4 is 39.0 Å². The van der Waals surface area contributed by atoms with Crippen LogP contribution in [0.3, 0.4) is 0 Å². The number of ether oxygens (including phenoxy) is 1. The first kappa shape index (κ1) is 13.9. The molecule has 0 aliphatic rings. The predicted molar refractivity (Wildman–Crippen MR) is 80.0 cm³/mol. The molecule has 3 nitrogen and oxygen atoms in total. The zero-order valence-electron chi connectivity index (χ0n) is 10.1. The Labute approximate surface area is 124 Å². The minimum Gasteiger partial charge on any atom is -0.496 e. The fraction of sp³-hybridized carbons (Fsp3) is 0.0714. The molecule has 0 saturated heterocycles. The highest BCUT2D eigenvalue weighted by molar-refractivity contribution is 9.10. The van der Waals surface area contributed by atoms with E-state index in [1.165, 1.54) is 0 Å². The highest BCUT2D eigenvalue weighted by Gasteiger charge is 2.15. The molecular weight excluding hydrogens is 330 g/mol. The van der Waals surface area contributed by atoms with Gasteiger partial charge in [-0.2, -0.15) is 0 Å². The molecule has 0 saturated carbocycles. The van der Waals surface area contributed by atoms with Crippen molar-refractivity contribution in [2.24, 2.45) is 0 Å². The van der Waals surface area contributed by atoms with Crippen LogP contribution in [0.1, 0.15) is 15.9 Å². The Balaban J connectivity index is 2.44. The Morgan fingerprint density at radius 3 is 2.68 bits per heavy atom. The van der Waals surface area contributed by atoms with E-state index in [2.05, 4.69) is 15.9 Å². The summed E-state index contributed by atoms with van der Waals surface area (Å²) in [6, 6.07) is 10.1. The Morgan fingerprint density at radius 2 is 2.05 bits per heavy atom. The van der Waals surface area contributed by atoms with Crippen LogP contribution in [0.5, 0.6) is 5.75 Å². The highest BCUT2D eigenvalue weighted by atomic mass is 79.9. The molecule has 0 radical (unpaired) electrons. The lowest BCUT2D eigenvalue weighted by Crippen LogP contribution is -2.06. The third-order valence-electron chi connectivity index (χ3n) is 2.71. The minimum atomic E-state index is -0.177. The second-order valence-electron chi connectivity index (χ2n) is 3.88. The molecule has 2 aromatic carbocycles. The van der Waals surface area contributed by atoms with E-state index in [1.807, 2.05) is 0 Å². The number of nitrogens with two attached hydrogens (primary N) is 1. The maximum atomic E-state index is 12.4. The highest BCUT2D eigenvalue weighted by Crippen LogP contribution is 2.29. The fourth-order valence-corrected chi connectivity index (χ4v) is 2.41. The van der Waals surface area contributed by atoms with Gasteiger partial charge in [0.05, 0.1) is 22.3 Å². The van der Waals surface area contributed by atoms with E-state index in [4.69, 9.17) is 22.1 Å². The van der Waals surface area contributed by atoms with Gasteiger partial charge in [0.25, 0.3) is 0 Å². The number of anilines is 1. The molecule has 0 atom stereocenters. The van der Waals surface area contributed by atoms with Crippen LogP contribution in [-0.4, -0.2) is 12.9 Å². The number of benzene rings is 2. The second-order valence-corrected chi connectivity index (χ2v) is 5.14. The van der Waals surface area contributed by atoms with Gasteiger partial charge in [0, 0.05) is 11.1 Å². The van der Waals surface area contributed by atoms with Crippen molar-refractivity contribution in [1.82, 2.24) is 0 Å². The Morgan fingerprint density at radius 1 is 1.32 bits per heavy atom. The van der Waals surface area contributed by atoms with Crippen molar-refractivity contribution in [2.75, 3.05) is 12.8 Å². The standard InChI is InChI=1S/C14H11BrClNO2/c1-19-12-6-5-8(7-10(12)15)14(18)9-3-2-4-11(16)13(9)17/h2-7H,17H2,1H3. The average Bonchev–Trinajstić information content (AvgIpc) is 2.41. The lowest BCUT2D eigenvalue weighted by atomic mass is 10.0. The Hall–Kier alpha value is -1.52. The number of methoxy groups -OCH3 is 1. The molecule has 0 unspecified atom stereocenters. The number of ketones is 1. The first-order valence-electron chi connectivity index (χ1n) is 5.47. The number of carbonyl (C=O) groups is 1. The molecule has 0 amide bonds. The first-order chi connectivity index (χ1) is 9.04. The second kappa shape index (κ2) is 5.63. The van der Waals surface area contributed by atoms with Crippen molar-refractivity contribution in [1.29, 1.82) is 0 Å². The van der Waals surface area contributed by atoms with Crippen molar-refractivity contribution in [3.05, 3.63) is 57.0 Å². The molecular formula is C14H11BrClNO2. The summed E-state index contributed by atoms with van der Waals surface area (Å²) in [7, 11) is 1.57. The van der Waals surface area contributed by atoms with E-state index in [9.17, 15) is 4.79 Å². The molecule has 5 heteroatoms. The molecule has 2 aromatic rings. The number of halogens is 2. The zero-order chi connectivity index (χ0) is 14.0. The van der Waals surface area contributed by atoms with Crippen LogP contribution in [0, 0.1) is 0 Å². The summed E-state index contributed by atoms with van der Waals surface area (Å²) in [5.74, 6) is 0.485. The number of hydrogen-bond donors (Lipinski definition) is 1. The zero-order valence-corrected chi connectivity index (χ0v) is 12.5. The number of carbonyl (C=O) groups excluding carboxylic acids is 1. The lowest BCUT2D eigenvalue weighted by molar-refractivity contribution is 0.103. The van der Waals surface area contributed by atoms with E-state index < -0.39 is 0 Å². The van der Waals surface area contributed by atoms with Gasteiger partial charge in [-0.05, 0) is 46.3 Å². The molecule has 0 heterocycles. The molecule has 0 bridgehead atoms. The molecule has 2 N–H and O–H groups in total. The van der Waals surface area contributed by atoms with Crippen LogP contribution in [-0.2, 0) is 0 Å². The van der Waals surface area contributed by atoms with Crippen LogP contribution in [0.25, 0.3) is 0 Å². The summed E-state index contributed by atoms with van der Waals surface area (Å²) in [4.78, 5) is 12.4. The molecule has 2 rings (SSSR count). The van der Waals surface area contributed by atoms with E-state index in [-0.39, 0.29) is 5.78 Å². The van der Waals surface area contributed by atoms with Crippen LogP contribution in [0.15, 0.2) is 40.9 Å². The SMILES string of the molecule is COc1ccc(C(=O)c2cccc(Cl)c2N)cc1Br. The fourth-order valence-electron chi connectivity index (χ4n) is 1.70. The van der Waals surface area contributed by atoms with Gasteiger partial charge in [-0.1, -0.05) is 17.7 Å². The van der Waals surface area contributed by atoms with Crippen LogP contribution in [0.4, 0.5) is 5.69 Å². The van der Waals surface area contributed by atoms with Gasteiger partial charge in [-0.25, -0.2) is 0 Å². The van der Waals surface area contributed by atoms with Crippen molar-refractivity contribution in [3.8, 4) is 5.75 Å². The minimum absolute atomic E-state index is 0.177. The molecule has 0 aromatic heterocycles. The van der Waals surface area contributed by atoms with Gasteiger partial charge in [0.15, 0.2) is 5.78 Å². The normalized spacial score (nSPS) is 10.3. The molecule has 98 valence electrons. The van der Waals surface area contributed by atoms with Crippen LogP contribution < -0.4 is 10.5 Å². The molecule has 0 fully saturated rings. The van der Waals surface area contributed by atoms with Gasteiger partial charge in [0.1, 0.15) is 5.75 Å². The number of para-hydroxylation sites is 1. The topological polar surface area (TPSA) is 52.3 Å². The number of nitrogen functional groups attached to an aromatic ring is 1. The Bertz CT molecular complexity index is 643. The molecule has 0 spiro atoms. The van der Waals surface area contributed by atoms with E-state index in [0.717, 1.165) is 0 Å². The summed E-state index contributed by atoms with van der Waals surface area (Å²) >= 11 is 9.26. The van der Waals surface area contributed by atoms with E-state index in [0.29, 0.717) is 32.1 Å². The van der Waals surface area contributed by atoms with Gasteiger partial charge in [-0.3, -0.25) is 4.79 Å². The summed E-state index contributed by atoms with van der Waals surface area (Å²) < 4.78 is 5.83. The van der Waals surface area contributed by atoms with Crippen LogP contribution in [0.2, 0.25) is 5.02 Å². The van der Waals surface area contributed by atoms with Gasteiger partial charge < -0.3 is 10.5 Å². The van der Waals surface area contributed by atoms with Crippen LogP contribution >= 0.6 is 27.5 Å². The van der Waals surface area contributed by atoms with Crippen molar-refractivity contribution < 1.29 is 9.53 Å². The third-order valence-corrected chi connectivity index (χ3v) is 3.66. The smallest absolute Gasteiger partial charge is 0.195 e. The average molecular weight is 341 g/mol. The lowest BCUT2D eigenvalue weighted by Gasteiger charge is -2.08. The predicted octanol–water partition coefficient (Wildman–Crippen LogP) is 3.92. The number of hydrogen-bond acceptors (Lipinski definition) is 3.